The smallest absolute Gasteiger partial charge is 0.266 e. The second-order valence-electron chi connectivity index (χ2n) is 9.59. The lowest BCUT2D eigenvalue weighted by atomic mass is 10.1. The van der Waals surface area contributed by atoms with Crippen molar-refractivity contribution >= 4 is 70.8 Å². The van der Waals surface area contributed by atoms with Gasteiger partial charge in [-0.15, -0.1) is 11.3 Å². The quantitative estimate of drug-likeness (QED) is 0.219. The van der Waals surface area contributed by atoms with Crippen molar-refractivity contribution in [3.05, 3.63) is 120 Å². The minimum Gasteiger partial charge on any atom is -0.307 e. The number of hydrogen-bond donors (Lipinski definition) is 0. The summed E-state index contributed by atoms with van der Waals surface area (Å²) in [6.45, 7) is 0. The van der Waals surface area contributed by atoms with Gasteiger partial charge in [0.2, 0.25) is 0 Å². The van der Waals surface area contributed by atoms with Gasteiger partial charge in [-0.25, -0.2) is 4.90 Å². The molecule has 2 aromatic heterocycles. The molecule has 182 valence electrons. The van der Waals surface area contributed by atoms with Crippen LogP contribution in [0.15, 0.2) is 103 Å². The minimum atomic E-state index is -0.366. The Labute approximate surface area is 226 Å². The van der Waals surface area contributed by atoms with E-state index in [0.29, 0.717) is 28.1 Å². The lowest BCUT2D eigenvalue weighted by Gasteiger charge is -2.20. The number of nitriles is 1. The molecular weight excluding hydrogens is 502 g/mol. The van der Waals surface area contributed by atoms with Gasteiger partial charge in [0.1, 0.15) is 0 Å². The average molecular weight is 520 g/mol. The summed E-state index contributed by atoms with van der Waals surface area (Å²) in [5.74, 6) is -0.733. The molecule has 0 radical (unpaired) electrons. The van der Waals surface area contributed by atoms with Crippen molar-refractivity contribution in [2.45, 2.75) is 0 Å². The van der Waals surface area contributed by atoms with Crippen LogP contribution in [0, 0.1) is 11.3 Å². The zero-order valence-electron chi connectivity index (χ0n) is 20.4. The van der Waals surface area contributed by atoms with E-state index < -0.39 is 0 Å². The Hall–Kier alpha value is -5.25. The molecule has 0 aliphatic carbocycles. The molecule has 0 fully saturated rings. The number of nitrogens with zero attached hydrogens (tertiary/aromatic N) is 3. The van der Waals surface area contributed by atoms with Gasteiger partial charge in [0, 0.05) is 30.9 Å². The van der Waals surface area contributed by atoms with Gasteiger partial charge in [-0.05, 0) is 48.5 Å². The molecule has 0 spiro atoms. The standard InChI is InChI=1S/C33H17N3O2S/c34-18-19-13-15-26(36-32(37)22-8-1-2-9-23(22)33(36)38)28(17-19)35-25-11-5-3-10-24(25)30-27(35)16-14-21-20-7-4-6-12-29(20)39-31(21)30/h1-17H. The first-order chi connectivity index (χ1) is 19.2. The number of fused-ring (bicyclic) bond motifs is 8. The van der Waals surface area contributed by atoms with Crippen LogP contribution in [0.3, 0.4) is 0 Å². The zero-order valence-corrected chi connectivity index (χ0v) is 21.2. The molecule has 39 heavy (non-hydrogen) atoms. The second kappa shape index (κ2) is 7.87. The molecule has 0 atom stereocenters. The number of carbonyl (C=O) groups is 2. The molecule has 7 aromatic rings. The van der Waals surface area contributed by atoms with Gasteiger partial charge >= 0.3 is 0 Å². The van der Waals surface area contributed by atoms with Gasteiger partial charge in [-0.2, -0.15) is 5.26 Å². The third-order valence-electron chi connectivity index (χ3n) is 7.56. The van der Waals surface area contributed by atoms with Crippen molar-refractivity contribution in [1.82, 2.24) is 4.57 Å². The molecule has 8 rings (SSSR count). The van der Waals surface area contributed by atoms with Gasteiger partial charge in [0.25, 0.3) is 11.8 Å². The highest BCUT2D eigenvalue weighted by molar-refractivity contribution is 7.26. The highest BCUT2D eigenvalue weighted by Crippen LogP contribution is 2.44. The van der Waals surface area contributed by atoms with Gasteiger partial charge in [0.15, 0.2) is 0 Å². The number of imide groups is 1. The van der Waals surface area contributed by atoms with E-state index in [9.17, 15) is 14.9 Å². The number of para-hydroxylation sites is 1. The topological polar surface area (TPSA) is 66.1 Å². The Morgan fingerprint density at radius 1 is 0.641 bits per heavy atom. The summed E-state index contributed by atoms with van der Waals surface area (Å²) in [5.41, 5.74) is 4.14. The van der Waals surface area contributed by atoms with Crippen molar-refractivity contribution in [3.63, 3.8) is 0 Å². The van der Waals surface area contributed by atoms with Gasteiger partial charge in [0.05, 0.1) is 45.2 Å². The minimum absolute atomic E-state index is 0.366. The van der Waals surface area contributed by atoms with Crippen LogP contribution in [0.5, 0.6) is 0 Å². The average Bonchev–Trinajstić information content (AvgIpc) is 3.60. The summed E-state index contributed by atoms with van der Waals surface area (Å²) < 4.78 is 4.48. The molecule has 0 unspecified atom stereocenters. The van der Waals surface area contributed by atoms with Crippen LogP contribution in [-0.4, -0.2) is 16.4 Å². The number of aromatic nitrogens is 1. The summed E-state index contributed by atoms with van der Waals surface area (Å²) in [7, 11) is 0. The fraction of sp³-hybridized carbons (Fsp3) is 0. The number of amides is 2. The maximum Gasteiger partial charge on any atom is 0.266 e. The lowest BCUT2D eigenvalue weighted by Crippen LogP contribution is -2.30. The Kier molecular flexibility index (Phi) is 4.40. The van der Waals surface area contributed by atoms with E-state index in [2.05, 4.69) is 53.1 Å². The van der Waals surface area contributed by atoms with Gasteiger partial charge in [-0.3, -0.25) is 9.59 Å². The van der Waals surface area contributed by atoms with Crippen molar-refractivity contribution in [2.24, 2.45) is 0 Å². The predicted octanol–water partition coefficient (Wildman–Crippen LogP) is 7.82. The number of anilines is 1. The number of rotatable bonds is 2. The van der Waals surface area contributed by atoms with Crippen LogP contribution in [0.4, 0.5) is 5.69 Å². The van der Waals surface area contributed by atoms with Crippen LogP contribution < -0.4 is 4.90 Å². The number of thiophene rings is 1. The monoisotopic (exact) mass is 519 g/mol. The van der Waals surface area contributed by atoms with Crippen LogP contribution >= 0.6 is 11.3 Å². The summed E-state index contributed by atoms with van der Waals surface area (Å²) in [5, 5.41) is 14.4. The van der Waals surface area contributed by atoms with E-state index in [4.69, 9.17) is 0 Å². The first kappa shape index (κ1) is 21.8. The number of carbonyl (C=O) groups excluding carboxylic acids is 2. The van der Waals surface area contributed by atoms with Crippen LogP contribution in [0.1, 0.15) is 26.3 Å². The molecule has 1 aliphatic heterocycles. The van der Waals surface area contributed by atoms with E-state index in [1.807, 2.05) is 18.2 Å². The fourth-order valence-corrected chi connectivity index (χ4v) is 7.12. The molecular formula is C33H17N3O2S. The Balaban J connectivity index is 1.49. The molecule has 1 aliphatic rings. The van der Waals surface area contributed by atoms with E-state index in [-0.39, 0.29) is 11.8 Å². The highest BCUT2D eigenvalue weighted by Gasteiger charge is 2.38. The third kappa shape index (κ3) is 2.88. The summed E-state index contributed by atoms with van der Waals surface area (Å²) >= 11 is 1.76. The van der Waals surface area contributed by atoms with Crippen molar-refractivity contribution < 1.29 is 9.59 Å². The summed E-state index contributed by atoms with van der Waals surface area (Å²) in [6.07, 6.45) is 0. The normalized spacial score (nSPS) is 13.2. The molecule has 0 N–H and O–H groups in total. The Morgan fingerprint density at radius 3 is 2.10 bits per heavy atom. The number of hydrogen-bond acceptors (Lipinski definition) is 4. The Bertz CT molecular complexity index is 2210. The van der Waals surface area contributed by atoms with Gasteiger partial charge in [-0.1, -0.05) is 54.6 Å². The largest absolute Gasteiger partial charge is 0.307 e. The predicted molar refractivity (Wildman–Crippen MR) is 156 cm³/mol. The summed E-state index contributed by atoms with van der Waals surface area (Å²) in [6, 6.07) is 35.0. The van der Waals surface area contributed by atoms with Gasteiger partial charge < -0.3 is 4.57 Å². The van der Waals surface area contributed by atoms with E-state index in [1.54, 1.807) is 53.8 Å². The van der Waals surface area contributed by atoms with E-state index in [0.717, 1.165) is 21.8 Å². The highest BCUT2D eigenvalue weighted by atomic mass is 32.1. The van der Waals surface area contributed by atoms with Crippen LogP contribution in [0.2, 0.25) is 0 Å². The van der Waals surface area contributed by atoms with E-state index in [1.165, 1.54) is 25.1 Å². The molecule has 0 saturated heterocycles. The van der Waals surface area contributed by atoms with Crippen molar-refractivity contribution in [1.29, 1.82) is 5.26 Å². The molecule has 5 aromatic carbocycles. The molecule has 3 heterocycles. The molecule has 6 heteroatoms. The lowest BCUT2D eigenvalue weighted by molar-refractivity contribution is 0.0926. The maximum atomic E-state index is 13.5. The second-order valence-corrected chi connectivity index (χ2v) is 10.6. The van der Waals surface area contributed by atoms with Crippen LogP contribution in [0.25, 0.3) is 47.7 Å². The van der Waals surface area contributed by atoms with Crippen molar-refractivity contribution in [2.75, 3.05) is 4.90 Å². The third-order valence-corrected chi connectivity index (χ3v) is 8.76. The molecule has 5 nitrogen and oxygen atoms in total. The Morgan fingerprint density at radius 2 is 1.33 bits per heavy atom. The first-order valence-corrected chi connectivity index (χ1v) is 13.3. The maximum absolute atomic E-state index is 13.5. The van der Waals surface area contributed by atoms with Crippen molar-refractivity contribution in [3.8, 4) is 11.8 Å². The van der Waals surface area contributed by atoms with Crippen LogP contribution in [-0.2, 0) is 0 Å². The first-order valence-electron chi connectivity index (χ1n) is 12.5. The SMILES string of the molecule is N#Cc1ccc(N2C(=O)c3ccccc3C2=O)c(-n2c3ccccc3c3c4sc5ccccc5c4ccc32)c1. The number of benzene rings is 5. The molecule has 0 bridgehead atoms. The molecule has 2 amide bonds. The summed E-state index contributed by atoms with van der Waals surface area (Å²) in [4.78, 5) is 28.3. The zero-order chi connectivity index (χ0) is 26.2. The molecule has 0 saturated carbocycles. The van der Waals surface area contributed by atoms with E-state index >= 15 is 0 Å². The fourth-order valence-electron chi connectivity index (χ4n) is 5.86.